The molecule has 0 bridgehead atoms. The van der Waals surface area contributed by atoms with Gasteiger partial charge in [0.1, 0.15) is 5.65 Å². The highest BCUT2D eigenvalue weighted by Gasteiger charge is 2.17. The van der Waals surface area contributed by atoms with E-state index in [2.05, 4.69) is 40.1 Å². The summed E-state index contributed by atoms with van der Waals surface area (Å²) in [6.45, 7) is 2.06. The van der Waals surface area contributed by atoms with Crippen molar-refractivity contribution in [3.8, 4) is 33.0 Å². The van der Waals surface area contributed by atoms with Crippen molar-refractivity contribution < 1.29 is 0 Å². The summed E-state index contributed by atoms with van der Waals surface area (Å²) in [4.78, 5) is 42.7. The molecule has 0 aliphatic carbocycles. The first-order valence-corrected chi connectivity index (χ1v) is 11.6. The average Bonchev–Trinajstić information content (AvgIpc) is 3.29. The second-order valence-electron chi connectivity index (χ2n) is 8.06. The molecule has 0 saturated carbocycles. The Hall–Kier alpha value is -4.36. The molecule has 0 atom stereocenters. The van der Waals surface area contributed by atoms with Crippen LogP contribution in [0, 0.1) is 6.92 Å². The predicted molar refractivity (Wildman–Crippen MR) is 137 cm³/mol. The highest BCUT2D eigenvalue weighted by molar-refractivity contribution is 7.15. The van der Waals surface area contributed by atoms with Gasteiger partial charge < -0.3 is 9.97 Å². The molecule has 1 aromatic carbocycles. The normalized spacial score (nSPS) is 11.3. The molecule has 5 aromatic heterocycles. The molecule has 0 aliphatic rings. The Morgan fingerprint density at radius 1 is 0.912 bits per heavy atom. The average molecular weight is 463 g/mol. The zero-order valence-electron chi connectivity index (χ0n) is 18.1. The van der Waals surface area contributed by atoms with Crippen LogP contribution in [0.15, 0.2) is 88.7 Å². The van der Waals surface area contributed by atoms with Crippen molar-refractivity contribution in [2.24, 2.45) is 0 Å². The molecule has 0 fully saturated rings. The van der Waals surface area contributed by atoms with Gasteiger partial charge in [-0.25, -0.2) is 4.98 Å². The number of benzene rings is 1. The monoisotopic (exact) mass is 462 g/mol. The first-order valence-electron chi connectivity index (χ1n) is 10.7. The van der Waals surface area contributed by atoms with E-state index in [4.69, 9.17) is 4.98 Å². The fourth-order valence-electron chi connectivity index (χ4n) is 4.17. The van der Waals surface area contributed by atoms with E-state index in [1.165, 1.54) is 10.9 Å². The van der Waals surface area contributed by atoms with Crippen LogP contribution in [0.3, 0.4) is 0 Å². The van der Waals surface area contributed by atoms with Gasteiger partial charge in [-0.2, -0.15) is 0 Å². The summed E-state index contributed by atoms with van der Waals surface area (Å²) >= 11 is 1.66. The van der Waals surface area contributed by atoms with Gasteiger partial charge in [-0.15, -0.1) is 11.3 Å². The fourth-order valence-corrected chi connectivity index (χ4v) is 5.04. The second kappa shape index (κ2) is 7.90. The van der Waals surface area contributed by atoms with Crippen LogP contribution in [0.5, 0.6) is 0 Å². The van der Waals surface area contributed by atoms with Crippen LogP contribution in [0.4, 0.5) is 0 Å². The highest BCUT2D eigenvalue weighted by atomic mass is 32.1. The Bertz CT molecular complexity index is 1830. The third kappa shape index (κ3) is 3.43. The van der Waals surface area contributed by atoms with E-state index in [9.17, 15) is 9.59 Å². The number of aromatic amines is 2. The standard InChI is InChI=1S/C27H18N4O2S/c1-15-7-10-23(34-15)25-18(16-8-9-21-17(12-16)4-3-11-28-21)13-19-26(33)20(14-29-27(19)31-25)22-5-2-6-24(32)30-22/h2-14H,1H3,(H,30,32)(H,29,31,33). The van der Waals surface area contributed by atoms with Crippen LogP contribution in [-0.4, -0.2) is 19.9 Å². The maximum atomic E-state index is 13.5. The van der Waals surface area contributed by atoms with Crippen LogP contribution in [0.1, 0.15) is 4.88 Å². The number of aromatic nitrogens is 4. The van der Waals surface area contributed by atoms with Crippen LogP contribution in [-0.2, 0) is 0 Å². The van der Waals surface area contributed by atoms with Gasteiger partial charge in [0, 0.05) is 34.3 Å². The summed E-state index contributed by atoms with van der Waals surface area (Å²) < 4.78 is 0. The lowest BCUT2D eigenvalue weighted by molar-refractivity contribution is 1.22. The second-order valence-corrected chi connectivity index (χ2v) is 9.35. The SMILES string of the molecule is Cc1ccc(-c2nc3[nH]cc(-c4cccc(=O)[nH]4)c(=O)c3cc2-c2ccc3ncccc3c2)s1. The Morgan fingerprint density at radius 2 is 1.82 bits per heavy atom. The predicted octanol–water partition coefficient (Wildman–Crippen LogP) is 5.53. The third-order valence-electron chi connectivity index (χ3n) is 5.81. The largest absolute Gasteiger partial charge is 0.345 e. The number of pyridine rings is 4. The minimum Gasteiger partial charge on any atom is -0.345 e. The van der Waals surface area contributed by atoms with Crippen molar-refractivity contribution in [1.82, 2.24) is 19.9 Å². The van der Waals surface area contributed by atoms with E-state index >= 15 is 0 Å². The van der Waals surface area contributed by atoms with Gasteiger partial charge in [-0.1, -0.05) is 18.2 Å². The number of fused-ring (bicyclic) bond motifs is 2. The minimum atomic E-state index is -0.260. The molecule has 0 aliphatic heterocycles. The summed E-state index contributed by atoms with van der Waals surface area (Å²) in [6.07, 6.45) is 3.38. The lowest BCUT2D eigenvalue weighted by atomic mass is 9.99. The van der Waals surface area contributed by atoms with Gasteiger partial charge in [0.15, 0.2) is 5.43 Å². The van der Waals surface area contributed by atoms with E-state index in [0.717, 1.165) is 32.6 Å². The molecule has 6 aromatic rings. The Morgan fingerprint density at radius 3 is 2.65 bits per heavy atom. The van der Waals surface area contributed by atoms with E-state index in [0.29, 0.717) is 22.3 Å². The number of hydrogen-bond donors (Lipinski definition) is 2. The van der Waals surface area contributed by atoms with Crippen molar-refractivity contribution in [2.75, 3.05) is 0 Å². The molecule has 2 N–H and O–H groups in total. The molecule has 6 nitrogen and oxygen atoms in total. The molecule has 0 radical (unpaired) electrons. The highest BCUT2D eigenvalue weighted by Crippen LogP contribution is 2.37. The van der Waals surface area contributed by atoms with Crippen LogP contribution < -0.4 is 11.0 Å². The molecule has 0 saturated heterocycles. The zero-order chi connectivity index (χ0) is 23.2. The summed E-state index contributed by atoms with van der Waals surface area (Å²) in [6, 6.07) is 20.8. The van der Waals surface area contributed by atoms with E-state index in [1.54, 1.807) is 35.9 Å². The first kappa shape index (κ1) is 20.3. The quantitative estimate of drug-likeness (QED) is 0.362. The molecule has 6 rings (SSSR count). The Balaban J connectivity index is 1.65. The summed E-state index contributed by atoms with van der Waals surface area (Å²) in [7, 11) is 0. The molecule has 164 valence electrons. The number of aryl methyl sites for hydroxylation is 1. The summed E-state index contributed by atoms with van der Waals surface area (Å²) in [5.74, 6) is 0. The van der Waals surface area contributed by atoms with E-state index in [-0.39, 0.29) is 11.0 Å². The van der Waals surface area contributed by atoms with E-state index < -0.39 is 0 Å². The lowest BCUT2D eigenvalue weighted by Gasteiger charge is -2.11. The van der Waals surface area contributed by atoms with Crippen LogP contribution in [0.25, 0.3) is 54.9 Å². The van der Waals surface area contributed by atoms with E-state index in [1.807, 2.05) is 30.3 Å². The molecular weight excluding hydrogens is 444 g/mol. The topological polar surface area (TPSA) is 91.5 Å². The number of thiophene rings is 1. The molecule has 34 heavy (non-hydrogen) atoms. The Labute approximate surface area is 197 Å². The smallest absolute Gasteiger partial charge is 0.248 e. The molecule has 0 unspecified atom stereocenters. The number of hydrogen-bond acceptors (Lipinski definition) is 5. The number of nitrogens with one attached hydrogen (secondary N) is 2. The molecular formula is C27H18N4O2S. The fraction of sp³-hybridized carbons (Fsp3) is 0.0370. The number of nitrogens with zero attached hydrogens (tertiary/aromatic N) is 2. The molecule has 5 heterocycles. The van der Waals surface area contributed by atoms with Crippen molar-refractivity contribution in [3.63, 3.8) is 0 Å². The van der Waals surface area contributed by atoms with Gasteiger partial charge >= 0.3 is 0 Å². The van der Waals surface area contributed by atoms with Gasteiger partial charge in [0.2, 0.25) is 5.56 Å². The maximum absolute atomic E-state index is 13.5. The van der Waals surface area contributed by atoms with Crippen molar-refractivity contribution in [1.29, 1.82) is 0 Å². The van der Waals surface area contributed by atoms with Crippen molar-refractivity contribution in [2.45, 2.75) is 6.92 Å². The maximum Gasteiger partial charge on any atom is 0.248 e. The molecule has 0 spiro atoms. The van der Waals surface area contributed by atoms with Crippen LogP contribution in [0.2, 0.25) is 0 Å². The van der Waals surface area contributed by atoms with Gasteiger partial charge in [0.05, 0.1) is 32.7 Å². The summed E-state index contributed by atoms with van der Waals surface area (Å²) in [5, 5.41) is 1.47. The molecule has 7 heteroatoms. The number of H-pyrrole nitrogens is 2. The van der Waals surface area contributed by atoms with Gasteiger partial charge in [-0.3, -0.25) is 14.6 Å². The lowest BCUT2D eigenvalue weighted by Crippen LogP contribution is -2.12. The van der Waals surface area contributed by atoms with Gasteiger partial charge in [0.25, 0.3) is 0 Å². The van der Waals surface area contributed by atoms with Crippen molar-refractivity contribution >= 4 is 33.3 Å². The molecule has 0 amide bonds. The third-order valence-corrected chi connectivity index (χ3v) is 6.82. The Kier molecular flexibility index (Phi) is 4.71. The minimum absolute atomic E-state index is 0.194. The summed E-state index contributed by atoms with van der Waals surface area (Å²) in [5.41, 5.74) is 4.43. The zero-order valence-corrected chi connectivity index (χ0v) is 18.9. The van der Waals surface area contributed by atoms with Gasteiger partial charge in [-0.05, 0) is 55.0 Å². The number of rotatable bonds is 3. The first-order chi connectivity index (χ1) is 16.6. The van der Waals surface area contributed by atoms with Crippen molar-refractivity contribution in [3.05, 3.63) is 105 Å². The van der Waals surface area contributed by atoms with Crippen LogP contribution >= 0.6 is 11.3 Å².